The maximum atomic E-state index is 8.61. The van der Waals surface area contributed by atoms with Gasteiger partial charge in [0.15, 0.2) is 0 Å². The van der Waals surface area contributed by atoms with Gasteiger partial charge >= 0.3 is 36.3 Å². The fourth-order valence-electron chi connectivity index (χ4n) is 0.0745. The summed E-state index contributed by atoms with van der Waals surface area (Å²) in [4.78, 5) is 8.61. The summed E-state index contributed by atoms with van der Waals surface area (Å²) < 4.78 is 8.69. The van der Waals surface area contributed by atoms with E-state index in [1.165, 1.54) is 14.2 Å². The Kier molecular flexibility index (Phi) is 8.14. The van der Waals surface area contributed by atoms with Crippen LogP contribution in [0.3, 0.4) is 0 Å². The molecular weight excluding hydrogens is 158 g/mol. The molecule has 0 atom stereocenters. The smallest absolute Gasteiger partial charge is 0.324 e. The molecule has 0 rings (SSSR count). The van der Waals surface area contributed by atoms with Crippen LogP contribution in [0.5, 0.6) is 0 Å². The van der Waals surface area contributed by atoms with Crippen LogP contribution >= 0.6 is 6.72 Å². The molecule has 0 aliphatic heterocycles. The normalized spacial score (nSPS) is 10.4. The minimum absolute atomic E-state index is 0. The van der Waals surface area contributed by atoms with E-state index in [0.717, 1.165) is 0 Å². The van der Waals surface area contributed by atoms with Crippen LogP contribution in [0.4, 0.5) is 0 Å². The monoisotopic (exact) mass is 165 g/mol. The van der Waals surface area contributed by atoms with Gasteiger partial charge < -0.3 is 13.9 Å². The third-order valence-electron chi connectivity index (χ3n) is 0.461. The molecule has 0 saturated carbocycles. The van der Waals surface area contributed by atoms with Gasteiger partial charge in [0.2, 0.25) is 0 Å². The van der Waals surface area contributed by atoms with E-state index in [1.807, 2.05) is 0 Å². The average molecular weight is 165 g/mol. The maximum Gasteiger partial charge on any atom is 1.00 e. The van der Waals surface area contributed by atoms with Gasteiger partial charge in [-0.05, 0) is 11.8 Å². The predicted molar refractivity (Wildman–Crippen MR) is 30.5 cm³/mol. The Bertz CT molecular complexity index is 89.3. The third kappa shape index (κ3) is 5.66. The van der Waals surface area contributed by atoms with Crippen molar-refractivity contribution < 1.29 is 43.5 Å². The first kappa shape index (κ1) is 12.2. The summed E-state index contributed by atoms with van der Waals surface area (Å²) >= 11 is 4.37. The van der Waals surface area contributed by atoms with Gasteiger partial charge in [-0.25, -0.2) is 0 Å². The van der Waals surface area contributed by atoms with E-state index in [0.29, 0.717) is 0 Å². The molecule has 1 N–H and O–H groups in total. The molecule has 0 bridgehead atoms. The molecule has 44 valence electrons. The number of hydrogen-bond acceptors (Lipinski definition) is 3. The molecule has 0 saturated heterocycles. The van der Waals surface area contributed by atoms with Crippen molar-refractivity contribution in [3.05, 3.63) is 0 Å². The van der Waals surface area contributed by atoms with Crippen molar-refractivity contribution in [3.63, 3.8) is 0 Å². The summed E-state index contributed by atoms with van der Waals surface area (Å²) in [5.74, 6) is 0. The molecule has 0 unspecified atom stereocenters. The van der Waals surface area contributed by atoms with Crippen LogP contribution in [0, 0.1) is 0 Å². The molecule has 0 aromatic heterocycles. The van der Waals surface area contributed by atoms with E-state index in [-0.39, 0.29) is 29.6 Å². The molecule has 3 nitrogen and oxygen atoms in total. The van der Waals surface area contributed by atoms with Gasteiger partial charge in [0.25, 0.3) is 0 Å². The predicted octanol–water partition coefficient (Wildman–Crippen LogP) is -2.50. The van der Waals surface area contributed by atoms with Crippen LogP contribution in [-0.4, -0.2) is 19.1 Å². The van der Waals surface area contributed by atoms with Crippen molar-refractivity contribution in [2.24, 2.45) is 0 Å². The summed E-state index contributed by atoms with van der Waals surface area (Å²) in [6, 6.07) is 0. The molecule has 0 radical (unpaired) electrons. The first-order chi connectivity index (χ1) is 3.12. The Morgan fingerprint density at radius 2 is 1.62 bits per heavy atom. The Hall–Kier alpha value is 1.53. The van der Waals surface area contributed by atoms with Crippen LogP contribution in [0.2, 0.25) is 0 Å². The number of hydrogen-bond donors (Lipinski definition) is 1. The minimum atomic E-state index is -2.82. The molecule has 0 heterocycles. The van der Waals surface area contributed by atoms with Crippen molar-refractivity contribution in [2.75, 3.05) is 14.2 Å². The molecule has 6 heteroatoms. The average Bonchev–Trinajstić information content (AvgIpc) is 1.68. The van der Waals surface area contributed by atoms with E-state index in [9.17, 15) is 0 Å². The van der Waals surface area contributed by atoms with Gasteiger partial charge in [-0.3, -0.25) is 0 Å². The summed E-state index contributed by atoms with van der Waals surface area (Å²) in [7, 11) is 2.62. The Labute approximate surface area is 75.9 Å². The van der Waals surface area contributed by atoms with Gasteiger partial charge in [0.05, 0.1) is 0 Å². The Morgan fingerprint density at radius 3 is 1.62 bits per heavy atom. The standard InChI is InChI=1S/C2H7O3PS.Na/c1-4-6(3,7)5-2;/h1-2H3,(H,3,7);/q;+1. The fraction of sp³-hybridized carbons (Fsp3) is 1.00. The molecule has 0 spiro atoms. The summed E-state index contributed by atoms with van der Waals surface area (Å²) in [6.45, 7) is -2.82. The Balaban J connectivity index is 0. The number of rotatable bonds is 2. The van der Waals surface area contributed by atoms with Crippen LogP contribution in [0.15, 0.2) is 0 Å². The van der Waals surface area contributed by atoms with Crippen molar-refractivity contribution in [1.29, 1.82) is 0 Å². The van der Waals surface area contributed by atoms with Gasteiger partial charge in [0.1, 0.15) is 0 Å². The zero-order valence-electron chi connectivity index (χ0n) is 5.12. The van der Waals surface area contributed by atoms with Crippen molar-refractivity contribution in [1.82, 2.24) is 0 Å². The SMILES string of the molecule is COP(O)(=S)OC.[Na+]. The fourth-order valence-corrected chi connectivity index (χ4v) is 0.224. The quantitative estimate of drug-likeness (QED) is 0.362. The zero-order chi connectivity index (χ0) is 5.91. The van der Waals surface area contributed by atoms with Gasteiger partial charge in [-0.2, -0.15) is 0 Å². The van der Waals surface area contributed by atoms with E-state index >= 15 is 0 Å². The second kappa shape index (κ2) is 5.33. The van der Waals surface area contributed by atoms with Crippen LogP contribution in [-0.2, 0) is 20.9 Å². The molecular formula is C2H7NaO3PS+. The van der Waals surface area contributed by atoms with Crippen LogP contribution < -0.4 is 29.6 Å². The molecule has 0 aromatic carbocycles. The van der Waals surface area contributed by atoms with E-state index in [1.54, 1.807) is 0 Å². The summed E-state index contributed by atoms with van der Waals surface area (Å²) in [5.41, 5.74) is 0. The maximum absolute atomic E-state index is 8.61. The van der Waals surface area contributed by atoms with Crippen LogP contribution in [0.25, 0.3) is 0 Å². The Morgan fingerprint density at radius 1 is 1.38 bits per heavy atom. The van der Waals surface area contributed by atoms with Gasteiger partial charge in [-0.1, -0.05) is 0 Å². The largest absolute Gasteiger partial charge is 1.00 e. The topological polar surface area (TPSA) is 38.7 Å². The van der Waals surface area contributed by atoms with Crippen molar-refractivity contribution in [2.45, 2.75) is 0 Å². The summed E-state index contributed by atoms with van der Waals surface area (Å²) in [6.07, 6.45) is 0. The van der Waals surface area contributed by atoms with Gasteiger partial charge in [-0.15, -0.1) is 0 Å². The second-order valence-corrected chi connectivity index (χ2v) is 3.89. The van der Waals surface area contributed by atoms with Crippen molar-refractivity contribution in [3.8, 4) is 0 Å². The molecule has 8 heavy (non-hydrogen) atoms. The summed E-state index contributed by atoms with van der Waals surface area (Å²) in [5, 5.41) is 0. The van der Waals surface area contributed by atoms with E-state index < -0.39 is 6.72 Å². The molecule has 0 amide bonds. The van der Waals surface area contributed by atoms with Crippen molar-refractivity contribution >= 4 is 18.5 Å². The van der Waals surface area contributed by atoms with Gasteiger partial charge in [0, 0.05) is 14.2 Å². The van der Waals surface area contributed by atoms with Crippen LogP contribution in [0.1, 0.15) is 0 Å². The van der Waals surface area contributed by atoms with E-state index in [4.69, 9.17) is 4.89 Å². The molecule has 0 aliphatic carbocycles. The first-order valence-corrected chi connectivity index (χ1v) is 4.16. The molecule has 0 aliphatic rings. The molecule has 0 aromatic rings. The van der Waals surface area contributed by atoms with E-state index in [2.05, 4.69) is 20.9 Å². The third-order valence-corrected chi connectivity index (χ3v) is 2.28. The second-order valence-electron chi connectivity index (χ2n) is 0.834. The molecule has 0 fully saturated rings. The first-order valence-electron chi connectivity index (χ1n) is 1.56. The minimum Gasteiger partial charge on any atom is -0.324 e. The zero-order valence-corrected chi connectivity index (χ0v) is 8.83.